The van der Waals surface area contributed by atoms with Gasteiger partial charge < -0.3 is 10.1 Å². The Labute approximate surface area is 146 Å². The van der Waals surface area contributed by atoms with Gasteiger partial charge in [0.2, 0.25) is 0 Å². The Bertz CT molecular complexity index is 846. The minimum Gasteiger partial charge on any atom is -0.462 e. The number of carbonyl (C=O) groups is 1. The van der Waals surface area contributed by atoms with E-state index in [2.05, 4.69) is 17.5 Å². The average molecular weight is 337 g/mol. The molecule has 0 amide bonds. The molecule has 2 aromatic carbocycles. The zero-order valence-corrected chi connectivity index (χ0v) is 14.0. The normalized spacial score (nSPS) is 23.5. The zero-order chi connectivity index (χ0) is 17.4. The minimum absolute atomic E-state index is 0.0524. The molecular weight excluding hydrogens is 317 g/mol. The van der Waals surface area contributed by atoms with Crippen LogP contribution in [0.4, 0.5) is 10.1 Å². The molecule has 1 heterocycles. The summed E-state index contributed by atoms with van der Waals surface area (Å²) < 4.78 is 18.8. The molecule has 25 heavy (non-hydrogen) atoms. The van der Waals surface area contributed by atoms with Gasteiger partial charge >= 0.3 is 5.97 Å². The number of anilines is 1. The van der Waals surface area contributed by atoms with Gasteiger partial charge in [0.15, 0.2) is 0 Å². The fraction of sp³-hybridized carbons (Fsp3) is 0.286. The number of fused-ring (bicyclic) bond motifs is 3. The molecule has 0 saturated carbocycles. The highest BCUT2D eigenvalue weighted by Crippen LogP contribution is 2.49. The van der Waals surface area contributed by atoms with Crippen LogP contribution in [0.2, 0.25) is 0 Å². The predicted octanol–water partition coefficient (Wildman–Crippen LogP) is 4.83. The number of allylic oxidation sites excluding steroid dienone is 2. The summed E-state index contributed by atoms with van der Waals surface area (Å²) in [5.74, 6) is 0.0204. The van der Waals surface area contributed by atoms with E-state index in [0.717, 1.165) is 23.2 Å². The van der Waals surface area contributed by atoms with Crippen molar-refractivity contribution in [2.75, 3.05) is 11.9 Å². The van der Waals surface area contributed by atoms with Crippen molar-refractivity contribution >= 4 is 11.7 Å². The fourth-order valence-electron chi connectivity index (χ4n) is 3.97. The molecule has 0 radical (unpaired) electrons. The number of ether oxygens (including phenoxy) is 1. The van der Waals surface area contributed by atoms with Crippen molar-refractivity contribution in [1.29, 1.82) is 0 Å². The third-order valence-electron chi connectivity index (χ3n) is 5.08. The van der Waals surface area contributed by atoms with E-state index < -0.39 is 0 Å². The summed E-state index contributed by atoms with van der Waals surface area (Å²) in [6.45, 7) is 2.17. The highest BCUT2D eigenvalue weighted by Gasteiger charge is 2.38. The van der Waals surface area contributed by atoms with E-state index in [-0.39, 0.29) is 23.7 Å². The first-order valence-electron chi connectivity index (χ1n) is 8.67. The smallest absolute Gasteiger partial charge is 0.338 e. The van der Waals surface area contributed by atoms with Crippen LogP contribution in [0.5, 0.6) is 0 Å². The van der Waals surface area contributed by atoms with Gasteiger partial charge in [-0.2, -0.15) is 0 Å². The molecule has 128 valence electrons. The molecule has 3 nitrogen and oxygen atoms in total. The largest absolute Gasteiger partial charge is 0.462 e. The predicted molar refractivity (Wildman–Crippen MR) is 95.2 cm³/mol. The van der Waals surface area contributed by atoms with Gasteiger partial charge in [0.25, 0.3) is 0 Å². The first-order valence-corrected chi connectivity index (χ1v) is 8.67. The Kier molecular flexibility index (Phi) is 4.04. The molecule has 0 spiro atoms. The van der Waals surface area contributed by atoms with Crippen molar-refractivity contribution in [3.05, 3.63) is 77.1 Å². The lowest BCUT2D eigenvalue weighted by molar-refractivity contribution is 0.0526. The molecule has 0 fully saturated rings. The zero-order valence-electron chi connectivity index (χ0n) is 14.0. The van der Waals surface area contributed by atoms with E-state index in [1.54, 1.807) is 25.1 Å². The summed E-state index contributed by atoms with van der Waals surface area (Å²) in [6, 6.07) is 12.5. The van der Waals surface area contributed by atoms with Crippen molar-refractivity contribution < 1.29 is 13.9 Å². The minimum atomic E-state index is -0.295. The molecule has 1 unspecified atom stereocenters. The lowest BCUT2D eigenvalue weighted by atomic mass is 9.76. The van der Waals surface area contributed by atoms with Crippen molar-refractivity contribution in [2.24, 2.45) is 5.92 Å². The molecule has 2 aliphatic rings. The topological polar surface area (TPSA) is 38.3 Å². The quantitative estimate of drug-likeness (QED) is 0.644. The van der Waals surface area contributed by atoms with Gasteiger partial charge in [0.1, 0.15) is 5.82 Å². The summed E-state index contributed by atoms with van der Waals surface area (Å²) in [5, 5.41) is 3.55. The second-order valence-electron chi connectivity index (χ2n) is 6.55. The van der Waals surface area contributed by atoms with Crippen LogP contribution in [-0.2, 0) is 4.74 Å². The molecular formula is C21H20FNO2. The van der Waals surface area contributed by atoms with Crippen LogP contribution in [0.1, 0.15) is 46.8 Å². The van der Waals surface area contributed by atoms with Gasteiger partial charge in [-0.3, -0.25) is 0 Å². The molecule has 0 bridgehead atoms. The van der Waals surface area contributed by atoms with Crippen LogP contribution in [-0.4, -0.2) is 12.6 Å². The van der Waals surface area contributed by atoms with E-state index in [1.807, 2.05) is 18.2 Å². The Morgan fingerprint density at radius 2 is 2.16 bits per heavy atom. The summed E-state index contributed by atoms with van der Waals surface area (Å²) in [6.07, 6.45) is 5.31. The average Bonchev–Trinajstić information content (AvgIpc) is 3.11. The number of carbonyl (C=O) groups excluding carboxylic acids is 1. The van der Waals surface area contributed by atoms with Crippen LogP contribution >= 0.6 is 0 Å². The second kappa shape index (κ2) is 6.36. The molecule has 1 aliphatic heterocycles. The van der Waals surface area contributed by atoms with Crippen LogP contribution in [0.3, 0.4) is 0 Å². The van der Waals surface area contributed by atoms with Crippen molar-refractivity contribution in [1.82, 2.24) is 0 Å². The van der Waals surface area contributed by atoms with E-state index >= 15 is 0 Å². The summed E-state index contributed by atoms with van der Waals surface area (Å²) in [5.41, 5.74) is 3.64. The lowest BCUT2D eigenvalue weighted by Gasteiger charge is -2.37. The molecule has 0 aromatic heterocycles. The van der Waals surface area contributed by atoms with Gasteiger partial charge in [-0.05, 0) is 60.7 Å². The Balaban J connectivity index is 1.72. The number of esters is 1. The van der Waals surface area contributed by atoms with Gasteiger partial charge in [-0.25, -0.2) is 9.18 Å². The van der Waals surface area contributed by atoms with E-state index in [4.69, 9.17) is 4.74 Å². The Hall–Kier alpha value is -2.62. The van der Waals surface area contributed by atoms with Crippen molar-refractivity contribution in [3.63, 3.8) is 0 Å². The van der Waals surface area contributed by atoms with E-state index in [0.29, 0.717) is 18.1 Å². The summed E-state index contributed by atoms with van der Waals surface area (Å²) in [4.78, 5) is 12.0. The molecule has 1 aliphatic carbocycles. The monoisotopic (exact) mass is 337 g/mol. The molecule has 4 rings (SSSR count). The second-order valence-corrected chi connectivity index (χ2v) is 6.55. The number of hydrogen-bond acceptors (Lipinski definition) is 3. The number of rotatable bonds is 3. The maximum Gasteiger partial charge on any atom is 0.338 e. The Morgan fingerprint density at radius 3 is 2.96 bits per heavy atom. The highest BCUT2D eigenvalue weighted by atomic mass is 19.1. The van der Waals surface area contributed by atoms with Gasteiger partial charge in [-0.1, -0.05) is 24.3 Å². The maximum atomic E-state index is 13.7. The third kappa shape index (κ3) is 2.82. The molecule has 3 atom stereocenters. The van der Waals surface area contributed by atoms with Crippen LogP contribution < -0.4 is 5.32 Å². The maximum absolute atomic E-state index is 13.7. The lowest BCUT2D eigenvalue weighted by Crippen LogP contribution is -2.29. The molecule has 0 saturated heterocycles. The van der Waals surface area contributed by atoms with Crippen molar-refractivity contribution in [2.45, 2.75) is 25.3 Å². The van der Waals surface area contributed by atoms with Crippen LogP contribution in [0.25, 0.3) is 0 Å². The third-order valence-corrected chi connectivity index (χ3v) is 5.08. The van der Waals surface area contributed by atoms with E-state index in [1.165, 1.54) is 6.07 Å². The molecule has 4 heteroatoms. The standard InChI is InChI=1S/C21H20FNO2/c1-2-25-21(24)14-9-10-19-18(12-14)16-7-4-8-17(16)20(23-19)13-5-3-6-15(22)11-13/h3-7,9-12,16-17,20,23H,2,8H2,1H3/t16?,17-,20-/m0/s1. The number of benzene rings is 2. The van der Waals surface area contributed by atoms with Gasteiger partial charge in [0.05, 0.1) is 18.2 Å². The highest BCUT2D eigenvalue weighted by molar-refractivity contribution is 5.90. The van der Waals surface area contributed by atoms with Crippen LogP contribution in [0, 0.1) is 11.7 Å². The van der Waals surface area contributed by atoms with E-state index in [9.17, 15) is 9.18 Å². The first kappa shape index (κ1) is 15.9. The van der Waals surface area contributed by atoms with Gasteiger partial charge in [0, 0.05) is 11.6 Å². The number of nitrogens with one attached hydrogen (secondary N) is 1. The van der Waals surface area contributed by atoms with Gasteiger partial charge in [-0.15, -0.1) is 0 Å². The summed E-state index contributed by atoms with van der Waals surface area (Å²) in [7, 11) is 0. The SMILES string of the molecule is CCOC(=O)c1ccc2c(c1)C1C=CC[C@@H]1[C@H](c1cccc(F)c1)N2. The Morgan fingerprint density at radius 1 is 1.28 bits per heavy atom. The number of hydrogen-bond donors (Lipinski definition) is 1. The first-order chi connectivity index (χ1) is 12.2. The van der Waals surface area contributed by atoms with Crippen molar-refractivity contribution in [3.8, 4) is 0 Å². The summed E-state index contributed by atoms with van der Waals surface area (Å²) >= 11 is 0. The molecule has 1 N–H and O–H groups in total. The number of halogens is 1. The fourth-order valence-corrected chi connectivity index (χ4v) is 3.97. The molecule has 2 aromatic rings. The van der Waals surface area contributed by atoms with Crippen LogP contribution in [0.15, 0.2) is 54.6 Å².